The molecule has 2 unspecified atom stereocenters. The Morgan fingerprint density at radius 2 is 2.03 bits per heavy atom. The van der Waals surface area contributed by atoms with Gasteiger partial charge in [-0.25, -0.2) is 0 Å². The van der Waals surface area contributed by atoms with Gasteiger partial charge in [-0.1, -0.05) is 36.4 Å². The standard InChI is InChI=1S/C26H30N2O4/c1-19(29)28-13-12-21-8-3-4-11-24(21)25(28)16-26(30)27(18-23-10-6-14-32-23)17-20-7-5-9-22(15-20)31-2/h3-5,7-9,11-13,15,23,25H,6,10,14,16-18H2,1-2H3. The monoisotopic (exact) mass is 434 g/mol. The van der Waals surface area contributed by atoms with Crippen LogP contribution in [0.2, 0.25) is 0 Å². The van der Waals surface area contributed by atoms with Crippen molar-refractivity contribution in [2.75, 3.05) is 20.3 Å². The molecule has 2 aliphatic heterocycles. The van der Waals surface area contributed by atoms with E-state index in [1.807, 2.05) is 59.5 Å². The van der Waals surface area contributed by atoms with Crippen LogP contribution in [0, 0.1) is 0 Å². The van der Waals surface area contributed by atoms with E-state index in [2.05, 4.69) is 0 Å². The summed E-state index contributed by atoms with van der Waals surface area (Å²) in [7, 11) is 1.64. The predicted molar refractivity (Wildman–Crippen MR) is 123 cm³/mol. The molecule has 6 heteroatoms. The fraction of sp³-hybridized carbons (Fsp3) is 0.385. The van der Waals surface area contributed by atoms with Crippen molar-refractivity contribution in [1.29, 1.82) is 0 Å². The maximum absolute atomic E-state index is 13.6. The molecule has 0 aliphatic carbocycles. The first-order chi connectivity index (χ1) is 15.5. The first-order valence-electron chi connectivity index (χ1n) is 11.1. The summed E-state index contributed by atoms with van der Waals surface area (Å²) in [4.78, 5) is 29.5. The molecule has 2 heterocycles. The van der Waals surface area contributed by atoms with Crippen molar-refractivity contribution in [3.63, 3.8) is 0 Å². The molecule has 0 saturated carbocycles. The lowest BCUT2D eigenvalue weighted by Crippen LogP contribution is -2.40. The fourth-order valence-electron chi connectivity index (χ4n) is 4.49. The zero-order chi connectivity index (χ0) is 22.5. The van der Waals surface area contributed by atoms with Crippen LogP contribution in [0.15, 0.2) is 54.7 Å². The number of hydrogen-bond donors (Lipinski definition) is 0. The summed E-state index contributed by atoms with van der Waals surface area (Å²) in [5.41, 5.74) is 3.04. The summed E-state index contributed by atoms with van der Waals surface area (Å²) >= 11 is 0. The van der Waals surface area contributed by atoms with Crippen LogP contribution in [-0.2, 0) is 20.9 Å². The number of rotatable bonds is 7. The van der Waals surface area contributed by atoms with Crippen molar-refractivity contribution in [1.82, 2.24) is 9.80 Å². The molecule has 6 nitrogen and oxygen atoms in total. The van der Waals surface area contributed by atoms with Gasteiger partial charge in [0.2, 0.25) is 11.8 Å². The van der Waals surface area contributed by atoms with E-state index >= 15 is 0 Å². The lowest BCUT2D eigenvalue weighted by molar-refractivity contribution is -0.136. The summed E-state index contributed by atoms with van der Waals surface area (Å²) in [6.07, 6.45) is 5.96. The van der Waals surface area contributed by atoms with Crippen molar-refractivity contribution >= 4 is 17.9 Å². The lowest BCUT2D eigenvalue weighted by atomic mass is 9.93. The van der Waals surface area contributed by atoms with Crippen LogP contribution >= 0.6 is 0 Å². The van der Waals surface area contributed by atoms with Crippen molar-refractivity contribution in [2.24, 2.45) is 0 Å². The zero-order valence-corrected chi connectivity index (χ0v) is 18.7. The largest absolute Gasteiger partial charge is 0.497 e. The Labute approximate surface area is 189 Å². The van der Waals surface area contributed by atoms with E-state index in [4.69, 9.17) is 9.47 Å². The molecule has 2 aromatic carbocycles. The molecule has 4 rings (SSSR count). The minimum Gasteiger partial charge on any atom is -0.497 e. The molecule has 0 radical (unpaired) electrons. The van der Waals surface area contributed by atoms with Crippen LogP contribution in [0.5, 0.6) is 5.75 Å². The highest BCUT2D eigenvalue weighted by molar-refractivity contribution is 5.82. The van der Waals surface area contributed by atoms with E-state index < -0.39 is 0 Å². The van der Waals surface area contributed by atoms with Gasteiger partial charge in [-0.15, -0.1) is 0 Å². The third-order valence-electron chi connectivity index (χ3n) is 6.15. The van der Waals surface area contributed by atoms with Crippen LogP contribution in [0.1, 0.15) is 48.9 Å². The number of benzene rings is 2. The molecule has 2 aromatic rings. The third-order valence-corrected chi connectivity index (χ3v) is 6.15. The number of ether oxygens (including phenoxy) is 2. The fourth-order valence-corrected chi connectivity index (χ4v) is 4.49. The molecule has 1 fully saturated rings. The summed E-state index contributed by atoms with van der Waals surface area (Å²) in [5.74, 6) is 0.692. The second kappa shape index (κ2) is 10.0. The van der Waals surface area contributed by atoms with E-state index in [1.165, 1.54) is 6.92 Å². The van der Waals surface area contributed by atoms with Gasteiger partial charge in [-0.3, -0.25) is 9.59 Å². The van der Waals surface area contributed by atoms with Gasteiger partial charge in [0.05, 0.1) is 25.7 Å². The molecule has 0 aromatic heterocycles. The predicted octanol–water partition coefficient (Wildman–Crippen LogP) is 4.17. The molecule has 0 N–H and O–H groups in total. The van der Waals surface area contributed by atoms with Gasteiger partial charge < -0.3 is 19.3 Å². The van der Waals surface area contributed by atoms with Crippen LogP contribution in [0.25, 0.3) is 6.08 Å². The van der Waals surface area contributed by atoms with E-state index in [-0.39, 0.29) is 30.4 Å². The maximum Gasteiger partial charge on any atom is 0.225 e. The number of fused-ring (bicyclic) bond motifs is 1. The Morgan fingerprint density at radius 1 is 1.19 bits per heavy atom. The van der Waals surface area contributed by atoms with Crippen LogP contribution in [0.4, 0.5) is 0 Å². The first kappa shape index (κ1) is 22.1. The normalized spacial score (nSPS) is 19.5. The number of nitrogens with zero attached hydrogens (tertiary/aromatic N) is 2. The van der Waals surface area contributed by atoms with Crippen molar-refractivity contribution in [3.8, 4) is 5.75 Å². The second-order valence-electron chi connectivity index (χ2n) is 8.35. The number of carbonyl (C=O) groups excluding carboxylic acids is 2. The molecule has 168 valence electrons. The average molecular weight is 435 g/mol. The van der Waals surface area contributed by atoms with Gasteiger partial charge in [0.15, 0.2) is 0 Å². The van der Waals surface area contributed by atoms with E-state index in [9.17, 15) is 9.59 Å². The molecule has 2 aliphatic rings. The Morgan fingerprint density at radius 3 is 2.78 bits per heavy atom. The highest BCUT2D eigenvalue weighted by Crippen LogP contribution is 2.33. The minimum atomic E-state index is -0.321. The summed E-state index contributed by atoms with van der Waals surface area (Å²) < 4.78 is 11.2. The first-order valence-corrected chi connectivity index (χ1v) is 11.1. The van der Waals surface area contributed by atoms with Crippen molar-refractivity contribution < 1.29 is 19.1 Å². The van der Waals surface area contributed by atoms with Gasteiger partial charge in [0.1, 0.15) is 5.75 Å². The maximum atomic E-state index is 13.6. The Bertz CT molecular complexity index is 997. The quantitative estimate of drug-likeness (QED) is 0.656. The van der Waals surface area contributed by atoms with Gasteiger partial charge in [-0.2, -0.15) is 0 Å². The lowest BCUT2D eigenvalue weighted by Gasteiger charge is -2.34. The number of amides is 2. The molecule has 2 atom stereocenters. The summed E-state index contributed by atoms with van der Waals surface area (Å²) in [6, 6.07) is 15.4. The highest BCUT2D eigenvalue weighted by Gasteiger charge is 2.31. The zero-order valence-electron chi connectivity index (χ0n) is 18.7. The Hall–Kier alpha value is -3.12. The van der Waals surface area contributed by atoms with Gasteiger partial charge in [0, 0.05) is 32.8 Å². The molecular formula is C26H30N2O4. The highest BCUT2D eigenvalue weighted by atomic mass is 16.5. The molecular weight excluding hydrogens is 404 g/mol. The topological polar surface area (TPSA) is 59.1 Å². The SMILES string of the molecule is COc1cccc(CN(CC2CCCO2)C(=O)CC2c3ccccc3C=CN2C(C)=O)c1. The molecule has 2 amide bonds. The van der Waals surface area contributed by atoms with Crippen molar-refractivity contribution in [3.05, 3.63) is 71.4 Å². The third kappa shape index (κ3) is 5.02. The molecule has 0 spiro atoms. The molecule has 0 bridgehead atoms. The van der Waals surface area contributed by atoms with Gasteiger partial charge in [-0.05, 0) is 47.7 Å². The van der Waals surface area contributed by atoms with Crippen LogP contribution in [-0.4, -0.2) is 48.0 Å². The smallest absolute Gasteiger partial charge is 0.225 e. The molecule has 1 saturated heterocycles. The number of hydrogen-bond acceptors (Lipinski definition) is 4. The van der Waals surface area contributed by atoms with E-state index in [0.29, 0.717) is 13.1 Å². The van der Waals surface area contributed by atoms with Gasteiger partial charge in [0.25, 0.3) is 0 Å². The Kier molecular flexibility index (Phi) is 6.90. The van der Waals surface area contributed by atoms with E-state index in [0.717, 1.165) is 41.9 Å². The van der Waals surface area contributed by atoms with Gasteiger partial charge >= 0.3 is 0 Å². The van der Waals surface area contributed by atoms with E-state index in [1.54, 1.807) is 18.2 Å². The minimum absolute atomic E-state index is 0.00433. The number of carbonyl (C=O) groups is 2. The summed E-state index contributed by atoms with van der Waals surface area (Å²) in [6.45, 7) is 3.29. The average Bonchev–Trinajstić information content (AvgIpc) is 3.32. The van der Waals surface area contributed by atoms with Crippen LogP contribution in [0.3, 0.4) is 0 Å². The number of methoxy groups -OCH3 is 1. The van der Waals surface area contributed by atoms with Crippen molar-refractivity contribution in [2.45, 2.75) is 44.9 Å². The molecule has 32 heavy (non-hydrogen) atoms. The Balaban J connectivity index is 1.57. The van der Waals surface area contributed by atoms with Crippen LogP contribution < -0.4 is 4.74 Å². The second-order valence-corrected chi connectivity index (χ2v) is 8.35. The summed E-state index contributed by atoms with van der Waals surface area (Å²) in [5, 5.41) is 0.